The van der Waals surface area contributed by atoms with Crippen LogP contribution in [0.5, 0.6) is 0 Å². The van der Waals surface area contributed by atoms with Gasteiger partial charge in [0.15, 0.2) is 0 Å². The van der Waals surface area contributed by atoms with Crippen LogP contribution in [0.4, 0.5) is 0 Å². The van der Waals surface area contributed by atoms with Gasteiger partial charge in [-0.2, -0.15) is 0 Å². The van der Waals surface area contributed by atoms with E-state index in [1.54, 1.807) is 0 Å². The highest BCUT2D eigenvalue weighted by atomic mass is 16.5. The van der Waals surface area contributed by atoms with Crippen LogP contribution in [0.3, 0.4) is 0 Å². The van der Waals surface area contributed by atoms with E-state index >= 15 is 0 Å². The van der Waals surface area contributed by atoms with Crippen molar-refractivity contribution in [2.45, 2.75) is 44.6 Å². The van der Waals surface area contributed by atoms with Crippen molar-refractivity contribution in [3.63, 3.8) is 0 Å². The number of ether oxygens (including phenoxy) is 1. The fourth-order valence-electron chi connectivity index (χ4n) is 2.54. The van der Waals surface area contributed by atoms with Gasteiger partial charge in [-0.05, 0) is 38.0 Å². The molecular formula is C11H18O. The lowest BCUT2D eigenvalue weighted by Crippen LogP contribution is -2.28. The minimum absolute atomic E-state index is 0.267. The molecule has 12 heavy (non-hydrogen) atoms. The average molecular weight is 166 g/mol. The van der Waals surface area contributed by atoms with E-state index in [4.69, 9.17) is 4.74 Å². The van der Waals surface area contributed by atoms with Crippen LogP contribution in [-0.2, 0) is 4.74 Å². The molecule has 2 atom stereocenters. The highest BCUT2D eigenvalue weighted by molar-refractivity contribution is 4.96. The van der Waals surface area contributed by atoms with E-state index in [0.717, 1.165) is 12.5 Å². The Bertz CT molecular complexity index is 173. The lowest BCUT2D eigenvalue weighted by atomic mass is 9.95. The van der Waals surface area contributed by atoms with Crippen LogP contribution >= 0.6 is 0 Å². The Labute approximate surface area is 74.8 Å². The zero-order valence-electron chi connectivity index (χ0n) is 7.88. The van der Waals surface area contributed by atoms with Gasteiger partial charge in [-0.1, -0.05) is 19.1 Å². The molecule has 0 saturated heterocycles. The second-order valence-electron chi connectivity index (χ2n) is 4.35. The third-order valence-corrected chi connectivity index (χ3v) is 3.23. The Balaban J connectivity index is 2.01. The molecule has 1 spiro atoms. The minimum atomic E-state index is 0.267. The van der Waals surface area contributed by atoms with Crippen molar-refractivity contribution < 1.29 is 4.74 Å². The van der Waals surface area contributed by atoms with Gasteiger partial charge >= 0.3 is 0 Å². The van der Waals surface area contributed by atoms with E-state index in [0.29, 0.717) is 0 Å². The Morgan fingerprint density at radius 3 is 3.00 bits per heavy atom. The molecule has 2 aliphatic rings. The van der Waals surface area contributed by atoms with Gasteiger partial charge in [0.25, 0.3) is 0 Å². The molecule has 1 heteroatoms. The Kier molecular flexibility index (Phi) is 2.22. The summed E-state index contributed by atoms with van der Waals surface area (Å²) in [4.78, 5) is 0. The second-order valence-corrected chi connectivity index (χ2v) is 4.35. The molecule has 1 saturated carbocycles. The summed E-state index contributed by atoms with van der Waals surface area (Å²) in [6, 6.07) is 0. The maximum atomic E-state index is 5.94. The van der Waals surface area contributed by atoms with Crippen LogP contribution in [-0.4, -0.2) is 12.2 Å². The van der Waals surface area contributed by atoms with Crippen molar-refractivity contribution in [1.29, 1.82) is 0 Å². The first kappa shape index (κ1) is 8.31. The molecule has 2 rings (SSSR count). The predicted molar refractivity (Wildman–Crippen MR) is 50.1 cm³/mol. The zero-order chi connectivity index (χ0) is 8.44. The fraction of sp³-hybridized carbons (Fsp3) is 0.818. The average Bonchev–Trinajstić information content (AvgIpc) is 2.30. The summed E-state index contributed by atoms with van der Waals surface area (Å²) in [5.41, 5.74) is 0.267. The van der Waals surface area contributed by atoms with Crippen molar-refractivity contribution in [1.82, 2.24) is 0 Å². The molecule has 1 aliphatic carbocycles. The summed E-state index contributed by atoms with van der Waals surface area (Å²) in [6.45, 7) is 3.18. The topological polar surface area (TPSA) is 9.23 Å². The fourth-order valence-corrected chi connectivity index (χ4v) is 2.54. The van der Waals surface area contributed by atoms with Crippen molar-refractivity contribution >= 4 is 0 Å². The maximum Gasteiger partial charge on any atom is 0.0692 e. The molecule has 2 unspecified atom stereocenters. The second kappa shape index (κ2) is 3.21. The van der Waals surface area contributed by atoms with Gasteiger partial charge < -0.3 is 4.74 Å². The summed E-state index contributed by atoms with van der Waals surface area (Å²) in [5.74, 6) is 0.878. The number of hydrogen-bond donors (Lipinski definition) is 0. The summed E-state index contributed by atoms with van der Waals surface area (Å²) in [6.07, 6.45) is 10.8. The van der Waals surface area contributed by atoms with Gasteiger partial charge in [-0.15, -0.1) is 0 Å². The molecular weight excluding hydrogens is 148 g/mol. The summed E-state index contributed by atoms with van der Waals surface area (Å²) in [7, 11) is 0. The van der Waals surface area contributed by atoms with Gasteiger partial charge in [-0.25, -0.2) is 0 Å². The van der Waals surface area contributed by atoms with E-state index in [2.05, 4.69) is 19.1 Å². The van der Waals surface area contributed by atoms with Crippen molar-refractivity contribution in [3.05, 3.63) is 12.2 Å². The Hall–Kier alpha value is -0.300. The molecule has 0 aromatic rings. The van der Waals surface area contributed by atoms with E-state index in [1.807, 2.05) is 0 Å². The smallest absolute Gasteiger partial charge is 0.0692 e. The van der Waals surface area contributed by atoms with Crippen molar-refractivity contribution in [3.8, 4) is 0 Å². The highest BCUT2D eigenvalue weighted by Gasteiger charge is 2.37. The number of hydrogen-bond acceptors (Lipinski definition) is 1. The summed E-state index contributed by atoms with van der Waals surface area (Å²) >= 11 is 0. The molecule has 1 heterocycles. The third kappa shape index (κ3) is 1.56. The lowest BCUT2D eigenvalue weighted by Gasteiger charge is -2.27. The van der Waals surface area contributed by atoms with E-state index in [9.17, 15) is 0 Å². The van der Waals surface area contributed by atoms with E-state index in [1.165, 1.54) is 32.1 Å². The Morgan fingerprint density at radius 2 is 2.25 bits per heavy atom. The molecule has 0 radical (unpaired) electrons. The van der Waals surface area contributed by atoms with Gasteiger partial charge in [0, 0.05) is 0 Å². The molecule has 1 nitrogen and oxygen atoms in total. The van der Waals surface area contributed by atoms with Crippen LogP contribution in [0.25, 0.3) is 0 Å². The highest BCUT2D eigenvalue weighted by Crippen LogP contribution is 2.41. The molecule has 0 N–H and O–H groups in total. The molecule has 0 aromatic carbocycles. The Morgan fingerprint density at radius 1 is 1.33 bits per heavy atom. The van der Waals surface area contributed by atoms with Crippen LogP contribution in [0, 0.1) is 5.92 Å². The first-order chi connectivity index (χ1) is 5.81. The summed E-state index contributed by atoms with van der Waals surface area (Å²) < 4.78 is 5.94. The van der Waals surface area contributed by atoms with Gasteiger partial charge in [0.05, 0.1) is 12.2 Å². The largest absolute Gasteiger partial charge is 0.371 e. The molecule has 0 bridgehead atoms. The normalized spacial score (nSPS) is 41.9. The van der Waals surface area contributed by atoms with Crippen molar-refractivity contribution in [2.24, 2.45) is 5.92 Å². The molecule has 1 fully saturated rings. The van der Waals surface area contributed by atoms with E-state index < -0.39 is 0 Å². The minimum Gasteiger partial charge on any atom is -0.371 e. The first-order valence-electron chi connectivity index (χ1n) is 5.10. The van der Waals surface area contributed by atoms with Crippen molar-refractivity contribution in [2.75, 3.05) is 6.61 Å². The monoisotopic (exact) mass is 166 g/mol. The van der Waals surface area contributed by atoms with Gasteiger partial charge in [0.1, 0.15) is 0 Å². The lowest BCUT2D eigenvalue weighted by molar-refractivity contribution is -0.0303. The quantitative estimate of drug-likeness (QED) is 0.503. The van der Waals surface area contributed by atoms with Gasteiger partial charge in [0.2, 0.25) is 0 Å². The molecule has 68 valence electrons. The first-order valence-corrected chi connectivity index (χ1v) is 5.10. The predicted octanol–water partition coefficient (Wildman–Crippen LogP) is 2.91. The van der Waals surface area contributed by atoms with Gasteiger partial charge in [-0.3, -0.25) is 0 Å². The van der Waals surface area contributed by atoms with Crippen LogP contribution < -0.4 is 0 Å². The standard InChI is InChI=1S/C11H18O/c1-10-5-7-11(9-10)6-3-2-4-8-12-11/h2,4,10H,3,5-9H2,1H3. The van der Waals surface area contributed by atoms with E-state index in [-0.39, 0.29) is 5.60 Å². The van der Waals surface area contributed by atoms with Crippen LogP contribution in [0.1, 0.15) is 39.0 Å². The zero-order valence-corrected chi connectivity index (χ0v) is 7.88. The van der Waals surface area contributed by atoms with Crippen LogP contribution in [0.2, 0.25) is 0 Å². The third-order valence-electron chi connectivity index (χ3n) is 3.23. The SMILES string of the molecule is CC1CCC2(CCC=CCO2)C1. The molecule has 1 aliphatic heterocycles. The molecule has 0 amide bonds. The number of allylic oxidation sites excluding steroid dienone is 1. The van der Waals surface area contributed by atoms with Crippen LogP contribution in [0.15, 0.2) is 12.2 Å². The number of rotatable bonds is 0. The molecule has 0 aromatic heterocycles. The summed E-state index contributed by atoms with van der Waals surface area (Å²) in [5, 5.41) is 0. The maximum absolute atomic E-state index is 5.94.